The smallest absolute Gasteiger partial charge is 0.214 e. The van der Waals surface area contributed by atoms with Crippen LogP contribution in [0.25, 0.3) is 0 Å². The van der Waals surface area contributed by atoms with Crippen LogP contribution in [0.4, 0.5) is 5.82 Å². The van der Waals surface area contributed by atoms with Crippen molar-refractivity contribution in [1.29, 1.82) is 0 Å². The maximum absolute atomic E-state index is 12.4. The molecule has 0 unspecified atom stereocenters. The standard InChI is InChI=1S/C16H26N4O3S/c1-3-9-24(21,22)20-8-4-7-16(12-20)10-14(11-23-16)17-15-6-5-13(2)18-19-15/h5-6,14H,3-4,7-12H2,1-2H3,(H,17,19)/t14-,16-/m1/s1. The molecule has 1 spiro atoms. The highest BCUT2D eigenvalue weighted by atomic mass is 32.2. The Morgan fingerprint density at radius 2 is 2.25 bits per heavy atom. The van der Waals surface area contributed by atoms with E-state index in [2.05, 4.69) is 15.5 Å². The summed E-state index contributed by atoms with van der Waals surface area (Å²) in [5.74, 6) is 0.946. The Labute approximate surface area is 143 Å². The van der Waals surface area contributed by atoms with Gasteiger partial charge in [-0.05, 0) is 38.3 Å². The Morgan fingerprint density at radius 1 is 1.42 bits per heavy atom. The Bertz CT molecular complexity index is 664. The quantitative estimate of drug-likeness (QED) is 0.864. The molecular formula is C16H26N4O3S. The van der Waals surface area contributed by atoms with Crippen molar-refractivity contribution in [2.24, 2.45) is 0 Å². The molecule has 1 N–H and O–H groups in total. The third kappa shape index (κ3) is 3.87. The van der Waals surface area contributed by atoms with Gasteiger partial charge >= 0.3 is 0 Å². The minimum absolute atomic E-state index is 0.135. The van der Waals surface area contributed by atoms with Gasteiger partial charge in [0, 0.05) is 19.5 Å². The lowest BCUT2D eigenvalue weighted by Gasteiger charge is -2.39. The van der Waals surface area contributed by atoms with E-state index in [-0.39, 0.29) is 17.4 Å². The topological polar surface area (TPSA) is 84.4 Å². The van der Waals surface area contributed by atoms with Gasteiger partial charge in [0.05, 0.1) is 29.7 Å². The van der Waals surface area contributed by atoms with Crippen LogP contribution in [0, 0.1) is 6.92 Å². The van der Waals surface area contributed by atoms with E-state index >= 15 is 0 Å². The minimum Gasteiger partial charge on any atom is -0.371 e. The highest BCUT2D eigenvalue weighted by Crippen LogP contribution is 2.36. The number of piperidine rings is 1. The molecule has 2 saturated heterocycles. The van der Waals surface area contributed by atoms with E-state index in [1.165, 1.54) is 0 Å². The van der Waals surface area contributed by atoms with E-state index in [4.69, 9.17) is 4.74 Å². The lowest BCUT2D eigenvalue weighted by molar-refractivity contribution is -0.0329. The number of nitrogens with one attached hydrogen (secondary N) is 1. The van der Waals surface area contributed by atoms with E-state index in [9.17, 15) is 8.42 Å². The van der Waals surface area contributed by atoms with Crippen LogP contribution >= 0.6 is 0 Å². The summed E-state index contributed by atoms with van der Waals surface area (Å²) in [5, 5.41) is 11.5. The van der Waals surface area contributed by atoms with Crippen molar-refractivity contribution in [1.82, 2.24) is 14.5 Å². The minimum atomic E-state index is -3.17. The molecule has 2 aliphatic rings. The van der Waals surface area contributed by atoms with Gasteiger partial charge in [-0.3, -0.25) is 0 Å². The third-order valence-corrected chi connectivity index (χ3v) is 6.74. The second kappa shape index (κ2) is 6.93. The fourth-order valence-electron chi connectivity index (χ4n) is 3.59. The van der Waals surface area contributed by atoms with E-state index < -0.39 is 10.0 Å². The zero-order valence-corrected chi connectivity index (χ0v) is 15.2. The first kappa shape index (κ1) is 17.6. The van der Waals surface area contributed by atoms with Crippen LogP contribution < -0.4 is 5.32 Å². The molecule has 24 heavy (non-hydrogen) atoms. The SMILES string of the molecule is CCCS(=O)(=O)N1CCC[C@@]2(C[C@@H](Nc3ccc(C)nn3)CO2)C1. The van der Waals surface area contributed by atoms with Gasteiger partial charge in [-0.25, -0.2) is 8.42 Å². The number of nitrogens with zero attached hydrogens (tertiary/aromatic N) is 3. The number of hydrogen-bond donors (Lipinski definition) is 1. The molecule has 3 heterocycles. The summed E-state index contributed by atoms with van der Waals surface area (Å²) < 4.78 is 32.4. The van der Waals surface area contributed by atoms with Crippen molar-refractivity contribution in [3.05, 3.63) is 17.8 Å². The van der Waals surface area contributed by atoms with E-state index in [1.54, 1.807) is 4.31 Å². The van der Waals surface area contributed by atoms with Gasteiger partial charge in [0.15, 0.2) is 0 Å². The van der Waals surface area contributed by atoms with Crippen molar-refractivity contribution in [2.45, 2.75) is 51.2 Å². The Hall–Kier alpha value is -1.25. The van der Waals surface area contributed by atoms with Crippen molar-refractivity contribution in [2.75, 3.05) is 30.8 Å². The predicted octanol–water partition coefficient (Wildman–Crippen LogP) is 1.56. The van der Waals surface area contributed by atoms with Gasteiger partial charge < -0.3 is 10.1 Å². The van der Waals surface area contributed by atoms with Crippen LogP contribution in [-0.4, -0.2) is 60.0 Å². The van der Waals surface area contributed by atoms with Gasteiger partial charge in [-0.1, -0.05) is 6.92 Å². The van der Waals surface area contributed by atoms with Crippen LogP contribution in [0.2, 0.25) is 0 Å². The summed E-state index contributed by atoms with van der Waals surface area (Å²) in [6, 6.07) is 3.96. The van der Waals surface area contributed by atoms with Crippen LogP contribution in [0.3, 0.4) is 0 Å². The first-order chi connectivity index (χ1) is 11.4. The summed E-state index contributed by atoms with van der Waals surface area (Å²) in [6.45, 7) is 5.43. The maximum Gasteiger partial charge on any atom is 0.214 e. The normalized spacial score (nSPS) is 28.3. The Morgan fingerprint density at radius 3 is 2.96 bits per heavy atom. The fraction of sp³-hybridized carbons (Fsp3) is 0.750. The molecule has 0 aromatic carbocycles. The number of sulfonamides is 1. The van der Waals surface area contributed by atoms with Gasteiger partial charge in [-0.15, -0.1) is 5.10 Å². The lowest BCUT2D eigenvalue weighted by Crippen LogP contribution is -2.50. The molecule has 1 aromatic rings. The van der Waals surface area contributed by atoms with Crippen LogP contribution in [0.1, 0.15) is 38.3 Å². The summed E-state index contributed by atoms with van der Waals surface area (Å²) in [5.41, 5.74) is 0.512. The summed E-state index contributed by atoms with van der Waals surface area (Å²) in [6.07, 6.45) is 3.19. The van der Waals surface area contributed by atoms with Crippen molar-refractivity contribution in [3.63, 3.8) is 0 Å². The Kier molecular flexibility index (Phi) is 5.08. The van der Waals surface area contributed by atoms with Gasteiger partial charge in [0.1, 0.15) is 5.82 Å². The first-order valence-corrected chi connectivity index (χ1v) is 10.2. The zero-order valence-electron chi connectivity index (χ0n) is 14.4. The molecule has 8 heteroatoms. The van der Waals surface area contributed by atoms with Crippen LogP contribution in [0.15, 0.2) is 12.1 Å². The average molecular weight is 354 g/mol. The predicted molar refractivity (Wildman–Crippen MR) is 92.4 cm³/mol. The van der Waals surface area contributed by atoms with Crippen molar-refractivity contribution in [3.8, 4) is 0 Å². The number of hydrogen-bond acceptors (Lipinski definition) is 6. The molecular weight excluding hydrogens is 328 g/mol. The summed E-state index contributed by atoms with van der Waals surface area (Å²) in [4.78, 5) is 0. The summed E-state index contributed by atoms with van der Waals surface area (Å²) in [7, 11) is -3.17. The molecule has 3 rings (SSSR count). The molecule has 2 aliphatic heterocycles. The molecule has 2 fully saturated rings. The number of aryl methyl sites for hydroxylation is 1. The average Bonchev–Trinajstić information content (AvgIpc) is 2.92. The monoisotopic (exact) mass is 354 g/mol. The van der Waals surface area contributed by atoms with Crippen LogP contribution in [0.5, 0.6) is 0 Å². The number of anilines is 1. The van der Waals surface area contributed by atoms with Gasteiger partial charge in [0.2, 0.25) is 10.0 Å². The molecule has 0 amide bonds. The largest absolute Gasteiger partial charge is 0.371 e. The Balaban J connectivity index is 1.63. The highest BCUT2D eigenvalue weighted by molar-refractivity contribution is 7.89. The molecule has 7 nitrogen and oxygen atoms in total. The number of ether oxygens (including phenoxy) is 1. The molecule has 0 aliphatic carbocycles. The van der Waals surface area contributed by atoms with Crippen molar-refractivity contribution < 1.29 is 13.2 Å². The molecule has 2 atom stereocenters. The second-order valence-corrected chi connectivity index (χ2v) is 8.94. The lowest BCUT2D eigenvalue weighted by atomic mass is 9.90. The molecule has 0 bridgehead atoms. The van der Waals surface area contributed by atoms with Gasteiger partial charge in [0.25, 0.3) is 0 Å². The summed E-state index contributed by atoms with van der Waals surface area (Å²) >= 11 is 0. The highest BCUT2D eigenvalue weighted by Gasteiger charge is 2.45. The van der Waals surface area contributed by atoms with Crippen molar-refractivity contribution >= 4 is 15.8 Å². The molecule has 0 saturated carbocycles. The van der Waals surface area contributed by atoms with Crippen LogP contribution in [-0.2, 0) is 14.8 Å². The first-order valence-electron chi connectivity index (χ1n) is 8.61. The zero-order chi connectivity index (χ0) is 17.2. The fourth-order valence-corrected chi connectivity index (χ4v) is 5.20. The molecule has 1 aromatic heterocycles. The molecule has 0 radical (unpaired) electrons. The third-order valence-electron chi connectivity index (χ3n) is 4.72. The van der Waals surface area contributed by atoms with E-state index in [0.717, 1.165) is 30.8 Å². The maximum atomic E-state index is 12.4. The number of aromatic nitrogens is 2. The van der Waals surface area contributed by atoms with Gasteiger partial charge in [-0.2, -0.15) is 9.40 Å². The van der Waals surface area contributed by atoms with E-state index in [1.807, 2.05) is 26.0 Å². The number of rotatable bonds is 5. The second-order valence-electron chi connectivity index (χ2n) is 6.85. The van der Waals surface area contributed by atoms with E-state index in [0.29, 0.717) is 26.1 Å². The molecule has 134 valence electrons.